The molecule has 4 rings (SSSR count). The van der Waals surface area contributed by atoms with Gasteiger partial charge in [-0.1, -0.05) is 30.3 Å². The Morgan fingerprint density at radius 1 is 0.941 bits per heavy atom. The number of urea groups is 1. The average Bonchev–Trinajstić information content (AvgIpc) is 2.83. The third-order valence-electron chi connectivity index (χ3n) is 6.42. The van der Waals surface area contributed by atoms with Crippen LogP contribution in [0.25, 0.3) is 0 Å². The highest BCUT2D eigenvalue weighted by Gasteiger charge is 2.25. The number of hydrogen-bond donors (Lipinski definition) is 1. The van der Waals surface area contributed by atoms with Crippen LogP contribution < -0.4 is 15.0 Å². The summed E-state index contributed by atoms with van der Waals surface area (Å²) in [5.74, 6) is 2.58. The van der Waals surface area contributed by atoms with Gasteiger partial charge in [-0.3, -0.25) is 0 Å². The summed E-state index contributed by atoms with van der Waals surface area (Å²) in [5, 5.41) is 3.11. The molecule has 0 saturated carbocycles. The van der Waals surface area contributed by atoms with Crippen molar-refractivity contribution in [2.75, 3.05) is 43.5 Å². The first-order valence-corrected chi connectivity index (χ1v) is 11.7. The van der Waals surface area contributed by atoms with Crippen molar-refractivity contribution in [3.63, 3.8) is 0 Å². The number of aryl methyl sites for hydroxylation is 4. The number of aromatic nitrogens is 2. The Kier molecular flexibility index (Phi) is 7.01. The van der Waals surface area contributed by atoms with E-state index < -0.39 is 0 Å². The molecule has 1 aromatic heterocycles. The SMILES string of the molecule is COc1ccc(Cc2c(C)nc(C)nc2N2CCN(C(=O)Nc3c(C)cccc3C)CC2)cc1. The molecule has 7 nitrogen and oxygen atoms in total. The van der Waals surface area contributed by atoms with Crippen molar-refractivity contribution in [2.24, 2.45) is 0 Å². The molecule has 0 bridgehead atoms. The molecule has 0 spiro atoms. The first-order chi connectivity index (χ1) is 16.4. The van der Waals surface area contributed by atoms with Gasteiger partial charge in [-0.05, 0) is 56.5 Å². The van der Waals surface area contributed by atoms with Crippen LogP contribution in [-0.4, -0.2) is 54.2 Å². The van der Waals surface area contributed by atoms with Gasteiger partial charge >= 0.3 is 6.03 Å². The zero-order chi connectivity index (χ0) is 24.2. The van der Waals surface area contributed by atoms with E-state index in [1.54, 1.807) is 7.11 Å². The number of rotatable bonds is 5. The number of ether oxygens (including phenoxy) is 1. The van der Waals surface area contributed by atoms with Crippen molar-refractivity contribution in [3.8, 4) is 5.75 Å². The maximum Gasteiger partial charge on any atom is 0.321 e. The van der Waals surface area contributed by atoms with Crippen molar-refractivity contribution in [1.29, 1.82) is 0 Å². The first-order valence-electron chi connectivity index (χ1n) is 11.7. The van der Waals surface area contributed by atoms with E-state index >= 15 is 0 Å². The predicted molar refractivity (Wildman–Crippen MR) is 136 cm³/mol. The summed E-state index contributed by atoms with van der Waals surface area (Å²) in [6.07, 6.45) is 0.749. The van der Waals surface area contributed by atoms with Crippen LogP contribution in [0.2, 0.25) is 0 Å². The van der Waals surface area contributed by atoms with Crippen LogP contribution in [0.15, 0.2) is 42.5 Å². The van der Waals surface area contributed by atoms with E-state index in [0.29, 0.717) is 13.1 Å². The van der Waals surface area contributed by atoms with Crippen molar-refractivity contribution < 1.29 is 9.53 Å². The van der Waals surface area contributed by atoms with E-state index in [1.165, 1.54) is 5.56 Å². The summed E-state index contributed by atoms with van der Waals surface area (Å²) in [6.45, 7) is 10.8. The number of amides is 2. The number of hydrogen-bond acceptors (Lipinski definition) is 5. The molecule has 0 aliphatic carbocycles. The number of nitrogens with one attached hydrogen (secondary N) is 1. The van der Waals surface area contributed by atoms with E-state index in [9.17, 15) is 4.79 Å². The van der Waals surface area contributed by atoms with Gasteiger partial charge in [0.25, 0.3) is 0 Å². The Bertz CT molecular complexity index is 1150. The van der Waals surface area contributed by atoms with Crippen LogP contribution in [0.3, 0.4) is 0 Å². The summed E-state index contributed by atoms with van der Waals surface area (Å²) < 4.78 is 5.29. The molecular formula is C27H33N5O2. The lowest BCUT2D eigenvalue weighted by atomic mass is 10.0. The maximum atomic E-state index is 12.9. The van der Waals surface area contributed by atoms with Gasteiger partial charge < -0.3 is 19.9 Å². The van der Waals surface area contributed by atoms with Crippen molar-refractivity contribution in [2.45, 2.75) is 34.1 Å². The second kappa shape index (κ2) is 10.1. The van der Waals surface area contributed by atoms with Crippen molar-refractivity contribution in [3.05, 3.63) is 76.2 Å². The molecule has 2 heterocycles. The molecule has 0 atom stereocenters. The topological polar surface area (TPSA) is 70.6 Å². The number of benzene rings is 2. The van der Waals surface area contributed by atoms with E-state index in [-0.39, 0.29) is 6.03 Å². The Morgan fingerprint density at radius 3 is 2.21 bits per heavy atom. The molecule has 0 radical (unpaired) electrons. The highest BCUT2D eigenvalue weighted by Crippen LogP contribution is 2.26. The average molecular weight is 460 g/mol. The fourth-order valence-corrected chi connectivity index (χ4v) is 4.45. The Morgan fingerprint density at radius 2 is 1.59 bits per heavy atom. The molecule has 2 aromatic carbocycles. The number of methoxy groups -OCH3 is 1. The second-order valence-corrected chi connectivity index (χ2v) is 8.85. The number of nitrogens with zero attached hydrogens (tertiary/aromatic N) is 4. The summed E-state index contributed by atoms with van der Waals surface area (Å²) in [6, 6.07) is 14.1. The molecule has 1 aliphatic rings. The molecule has 3 aromatic rings. The Hall–Kier alpha value is -3.61. The minimum Gasteiger partial charge on any atom is -0.497 e. The quantitative estimate of drug-likeness (QED) is 0.601. The lowest BCUT2D eigenvalue weighted by Gasteiger charge is -2.36. The smallest absolute Gasteiger partial charge is 0.321 e. The molecule has 1 aliphatic heterocycles. The van der Waals surface area contributed by atoms with Gasteiger partial charge in [0.1, 0.15) is 17.4 Å². The number of carbonyl (C=O) groups is 1. The monoisotopic (exact) mass is 459 g/mol. The van der Waals surface area contributed by atoms with E-state index in [4.69, 9.17) is 9.72 Å². The van der Waals surface area contributed by atoms with E-state index in [0.717, 1.165) is 65.0 Å². The summed E-state index contributed by atoms with van der Waals surface area (Å²) >= 11 is 0. The third kappa shape index (κ3) is 5.14. The van der Waals surface area contributed by atoms with Crippen LogP contribution in [0.5, 0.6) is 5.75 Å². The molecule has 2 amide bonds. The van der Waals surface area contributed by atoms with E-state index in [1.807, 2.05) is 62.9 Å². The van der Waals surface area contributed by atoms with Gasteiger partial charge in [-0.15, -0.1) is 0 Å². The van der Waals surface area contributed by atoms with Gasteiger partial charge in [0.2, 0.25) is 0 Å². The normalized spacial score (nSPS) is 13.7. The molecule has 34 heavy (non-hydrogen) atoms. The molecule has 178 valence electrons. The molecular weight excluding hydrogens is 426 g/mol. The summed E-state index contributed by atoms with van der Waals surface area (Å²) in [4.78, 5) is 26.6. The standard InChI is InChI=1S/C27H33N5O2/c1-18-7-6-8-19(2)25(18)30-27(33)32-15-13-31(14-16-32)26-24(20(3)28-21(4)29-26)17-22-9-11-23(34-5)12-10-22/h6-12H,13-17H2,1-5H3,(H,30,33). The van der Waals surface area contributed by atoms with Crippen LogP contribution in [0.1, 0.15) is 33.8 Å². The molecule has 1 saturated heterocycles. The van der Waals surface area contributed by atoms with Crippen molar-refractivity contribution >= 4 is 17.5 Å². The van der Waals surface area contributed by atoms with Gasteiger partial charge in [-0.25, -0.2) is 14.8 Å². The lowest BCUT2D eigenvalue weighted by molar-refractivity contribution is 0.208. The molecule has 0 unspecified atom stereocenters. The minimum absolute atomic E-state index is 0.0504. The Labute approximate surface area is 201 Å². The van der Waals surface area contributed by atoms with Gasteiger partial charge in [0, 0.05) is 49.5 Å². The number of para-hydroxylation sites is 1. The zero-order valence-corrected chi connectivity index (χ0v) is 20.7. The van der Waals surface area contributed by atoms with Gasteiger partial charge in [-0.2, -0.15) is 0 Å². The minimum atomic E-state index is -0.0504. The van der Waals surface area contributed by atoms with Gasteiger partial charge in [0.15, 0.2) is 0 Å². The third-order valence-corrected chi connectivity index (χ3v) is 6.42. The van der Waals surface area contributed by atoms with Crippen LogP contribution in [-0.2, 0) is 6.42 Å². The number of carbonyl (C=O) groups excluding carboxylic acids is 1. The number of anilines is 2. The number of piperazine rings is 1. The van der Waals surface area contributed by atoms with Crippen molar-refractivity contribution in [1.82, 2.24) is 14.9 Å². The maximum absolute atomic E-state index is 12.9. The van der Waals surface area contributed by atoms with Crippen LogP contribution in [0.4, 0.5) is 16.3 Å². The summed E-state index contributed by atoms with van der Waals surface area (Å²) in [5.41, 5.74) is 6.35. The largest absolute Gasteiger partial charge is 0.497 e. The highest BCUT2D eigenvalue weighted by atomic mass is 16.5. The fourth-order valence-electron chi connectivity index (χ4n) is 4.45. The highest BCUT2D eigenvalue weighted by molar-refractivity contribution is 5.91. The summed E-state index contributed by atoms with van der Waals surface area (Å²) in [7, 11) is 1.67. The fraction of sp³-hybridized carbons (Fsp3) is 0.370. The molecule has 1 fully saturated rings. The Balaban J connectivity index is 1.47. The first kappa shape index (κ1) is 23.5. The molecule has 7 heteroatoms. The lowest BCUT2D eigenvalue weighted by Crippen LogP contribution is -2.50. The van der Waals surface area contributed by atoms with Crippen LogP contribution >= 0.6 is 0 Å². The predicted octanol–water partition coefficient (Wildman–Crippen LogP) is 4.66. The van der Waals surface area contributed by atoms with E-state index in [2.05, 4.69) is 27.3 Å². The zero-order valence-electron chi connectivity index (χ0n) is 20.7. The van der Waals surface area contributed by atoms with Gasteiger partial charge in [0.05, 0.1) is 7.11 Å². The second-order valence-electron chi connectivity index (χ2n) is 8.85. The molecule has 1 N–H and O–H groups in total. The van der Waals surface area contributed by atoms with Crippen LogP contribution in [0, 0.1) is 27.7 Å².